The quantitative estimate of drug-likeness (QED) is 0.585. The van der Waals surface area contributed by atoms with Crippen LogP contribution in [-0.2, 0) is 9.05 Å². The van der Waals surface area contributed by atoms with Crippen LogP contribution in [0.4, 0.5) is 12.9 Å². The fourth-order valence-electron chi connectivity index (χ4n) is 0.849. The van der Waals surface area contributed by atoms with Gasteiger partial charge in [-0.3, -0.25) is 0 Å². The summed E-state index contributed by atoms with van der Waals surface area (Å²) in [7, 11) is 0.968. The Morgan fingerprint density at radius 3 is 1.79 bits per heavy atom. The van der Waals surface area contributed by atoms with E-state index >= 15 is 0 Å². The molecule has 0 N–H and O–H groups in total. The molecule has 0 atom stereocenters. The molecule has 0 fully saturated rings. The van der Waals surface area contributed by atoms with Gasteiger partial charge in [0.05, 0.1) is 4.90 Å². The van der Waals surface area contributed by atoms with Crippen molar-refractivity contribution in [3.63, 3.8) is 0 Å². The zero-order chi connectivity index (χ0) is 11.0. The van der Waals surface area contributed by atoms with Crippen molar-refractivity contribution in [2.24, 2.45) is 0 Å². The van der Waals surface area contributed by atoms with E-state index < -0.39 is 21.5 Å². The van der Waals surface area contributed by atoms with Crippen molar-refractivity contribution in [2.45, 2.75) is 4.90 Å². The number of rotatable bonds is 2. The number of hydrogen-bond acceptors (Lipinski definition) is 2. The van der Waals surface area contributed by atoms with Crippen molar-refractivity contribution in [2.75, 3.05) is 0 Å². The lowest BCUT2D eigenvalue weighted by Crippen LogP contribution is -2.33. The Kier molecular flexibility index (Phi) is 2.82. The number of hydrogen-bond donors (Lipinski definition) is 0. The standard InChI is InChI=1S/C6H4BClF3O2S/c8-14(12,13)6-3-1-5(2-4-6)7(9,10)11/h1-4H/q-1. The first-order valence-electron chi connectivity index (χ1n) is 3.46. The van der Waals surface area contributed by atoms with Crippen LogP contribution in [0.2, 0.25) is 0 Å². The second-order valence-corrected chi connectivity index (χ2v) is 5.15. The second kappa shape index (κ2) is 3.47. The summed E-state index contributed by atoms with van der Waals surface area (Å²) < 4.78 is 57.7. The molecule has 1 aromatic carbocycles. The van der Waals surface area contributed by atoms with Crippen molar-refractivity contribution < 1.29 is 21.4 Å². The summed E-state index contributed by atoms with van der Waals surface area (Å²) >= 11 is 0. The number of benzene rings is 1. The summed E-state index contributed by atoms with van der Waals surface area (Å²) in [5, 5.41) is 0. The van der Waals surface area contributed by atoms with Crippen molar-refractivity contribution in [1.29, 1.82) is 0 Å². The third-order valence-corrected chi connectivity index (χ3v) is 2.91. The first-order chi connectivity index (χ1) is 6.21. The molecular weight excluding hydrogens is 239 g/mol. The van der Waals surface area contributed by atoms with E-state index in [1.165, 1.54) is 0 Å². The van der Waals surface area contributed by atoms with Crippen molar-refractivity contribution in [1.82, 2.24) is 0 Å². The Hall–Kier alpha value is -0.685. The minimum Gasteiger partial charge on any atom is -0.445 e. The molecule has 1 rings (SSSR count). The first kappa shape index (κ1) is 11.4. The molecule has 0 saturated heterocycles. The van der Waals surface area contributed by atoms with Gasteiger partial charge in [-0.1, -0.05) is 12.1 Å². The molecule has 0 radical (unpaired) electrons. The Bertz CT molecular complexity index is 425. The van der Waals surface area contributed by atoms with Crippen LogP contribution in [0.5, 0.6) is 0 Å². The minimum atomic E-state index is -5.10. The SMILES string of the molecule is O=S(=O)(Cl)c1ccc([B-](F)(F)F)cc1. The molecule has 14 heavy (non-hydrogen) atoms. The van der Waals surface area contributed by atoms with E-state index in [4.69, 9.17) is 10.7 Å². The maximum absolute atomic E-state index is 12.1. The average molecular weight is 243 g/mol. The zero-order valence-electron chi connectivity index (χ0n) is 6.62. The molecule has 0 aliphatic heterocycles. The Balaban J connectivity index is 3.14. The highest BCUT2D eigenvalue weighted by molar-refractivity contribution is 8.13. The molecule has 78 valence electrons. The van der Waals surface area contributed by atoms with Gasteiger partial charge < -0.3 is 12.9 Å². The predicted octanol–water partition coefficient (Wildman–Crippen LogP) is 1.67. The summed E-state index contributed by atoms with van der Waals surface area (Å²) in [6, 6.07) is 3.03. The first-order valence-corrected chi connectivity index (χ1v) is 5.77. The molecule has 0 aliphatic rings. The van der Waals surface area contributed by atoms with Crippen LogP contribution >= 0.6 is 10.7 Å². The van der Waals surface area contributed by atoms with E-state index in [1.54, 1.807) is 0 Å². The van der Waals surface area contributed by atoms with Gasteiger partial charge >= 0.3 is 6.98 Å². The van der Waals surface area contributed by atoms with E-state index in [9.17, 15) is 21.4 Å². The van der Waals surface area contributed by atoms with E-state index in [0.717, 1.165) is 12.1 Å². The molecule has 8 heteroatoms. The number of halogens is 4. The van der Waals surface area contributed by atoms with E-state index in [0.29, 0.717) is 12.1 Å². The average Bonchev–Trinajstić information content (AvgIpc) is 2.01. The largest absolute Gasteiger partial charge is 0.509 e. The van der Waals surface area contributed by atoms with Gasteiger partial charge in [0.1, 0.15) is 0 Å². The lowest BCUT2D eigenvalue weighted by atomic mass is 9.80. The van der Waals surface area contributed by atoms with Crippen LogP contribution in [-0.4, -0.2) is 15.4 Å². The third kappa shape index (κ3) is 2.65. The van der Waals surface area contributed by atoms with Gasteiger partial charge in [0.2, 0.25) is 0 Å². The summed E-state index contributed by atoms with van der Waals surface area (Å²) in [4.78, 5) is -0.344. The second-order valence-electron chi connectivity index (χ2n) is 2.58. The molecule has 0 unspecified atom stereocenters. The minimum absolute atomic E-state index is 0.344. The monoisotopic (exact) mass is 243 g/mol. The summed E-state index contributed by atoms with van der Waals surface area (Å²) in [5.41, 5.74) is -0.853. The predicted molar refractivity (Wildman–Crippen MR) is 48.2 cm³/mol. The summed E-state index contributed by atoms with van der Waals surface area (Å²) in [6.07, 6.45) is 0. The highest BCUT2D eigenvalue weighted by Gasteiger charge is 2.25. The van der Waals surface area contributed by atoms with E-state index in [2.05, 4.69) is 0 Å². The maximum atomic E-state index is 12.1. The maximum Gasteiger partial charge on any atom is 0.509 e. The zero-order valence-corrected chi connectivity index (χ0v) is 8.20. The molecule has 0 saturated carbocycles. The van der Waals surface area contributed by atoms with Crippen LogP contribution in [0, 0.1) is 0 Å². The summed E-state index contributed by atoms with van der Waals surface area (Å²) in [5.74, 6) is 0. The topological polar surface area (TPSA) is 34.1 Å². The molecule has 0 aliphatic carbocycles. The molecule has 0 spiro atoms. The van der Waals surface area contributed by atoms with Crippen LogP contribution in [0.25, 0.3) is 0 Å². The van der Waals surface area contributed by atoms with Gasteiger partial charge in [-0.15, -0.1) is 5.46 Å². The molecule has 0 amide bonds. The van der Waals surface area contributed by atoms with Gasteiger partial charge in [-0.2, -0.15) is 0 Å². The van der Waals surface area contributed by atoms with Crippen LogP contribution in [0.1, 0.15) is 0 Å². The highest BCUT2D eigenvalue weighted by Crippen LogP contribution is 2.15. The summed E-state index contributed by atoms with van der Waals surface area (Å²) in [6.45, 7) is -5.10. The van der Waals surface area contributed by atoms with Gasteiger partial charge in [-0.25, -0.2) is 8.42 Å². The molecule has 1 aromatic rings. The lowest BCUT2D eigenvalue weighted by molar-refractivity contribution is 0.501. The van der Waals surface area contributed by atoms with E-state index in [-0.39, 0.29) is 4.90 Å². The highest BCUT2D eigenvalue weighted by atomic mass is 35.7. The van der Waals surface area contributed by atoms with E-state index in [1.807, 2.05) is 0 Å². The molecule has 0 bridgehead atoms. The third-order valence-electron chi connectivity index (χ3n) is 1.54. The van der Waals surface area contributed by atoms with Crippen LogP contribution in [0.15, 0.2) is 29.2 Å². The van der Waals surface area contributed by atoms with Gasteiger partial charge in [0.25, 0.3) is 9.05 Å². The Morgan fingerprint density at radius 1 is 1.07 bits per heavy atom. The van der Waals surface area contributed by atoms with Crippen molar-refractivity contribution in [3.8, 4) is 0 Å². The van der Waals surface area contributed by atoms with Crippen molar-refractivity contribution in [3.05, 3.63) is 24.3 Å². The van der Waals surface area contributed by atoms with Gasteiger partial charge in [0.15, 0.2) is 0 Å². The molecule has 2 nitrogen and oxygen atoms in total. The Labute approximate surface area is 83.2 Å². The molecular formula is C6H4BClF3O2S-. The van der Waals surface area contributed by atoms with Gasteiger partial charge in [-0.05, 0) is 12.1 Å². The lowest BCUT2D eigenvalue weighted by Gasteiger charge is -2.14. The fraction of sp³-hybridized carbons (Fsp3) is 0. The van der Waals surface area contributed by atoms with Crippen LogP contribution < -0.4 is 5.46 Å². The molecule has 0 heterocycles. The smallest absolute Gasteiger partial charge is 0.445 e. The van der Waals surface area contributed by atoms with Crippen molar-refractivity contribution >= 4 is 32.2 Å². The van der Waals surface area contributed by atoms with Gasteiger partial charge in [0, 0.05) is 10.7 Å². The molecule has 0 aromatic heterocycles. The normalized spacial score (nSPS) is 12.9. The Morgan fingerprint density at radius 2 is 1.50 bits per heavy atom. The fourth-order valence-corrected chi connectivity index (χ4v) is 1.62. The van der Waals surface area contributed by atoms with Crippen LogP contribution in [0.3, 0.4) is 0 Å².